The lowest BCUT2D eigenvalue weighted by molar-refractivity contribution is 0.508. The van der Waals surface area contributed by atoms with Crippen LogP contribution in [0.2, 0.25) is 0 Å². The molecule has 2 aromatic rings. The fourth-order valence-electron chi connectivity index (χ4n) is 2.70. The smallest absolute Gasteiger partial charge is 0.0267 e. The van der Waals surface area contributed by atoms with Crippen molar-refractivity contribution in [2.24, 2.45) is 5.73 Å². The summed E-state index contributed by atoms with van der Waals surface area (Å²) in [5, 5.41) is 0. The minimum atomic E-state index is -0.545. The third-order valence-electron chi connectivity index (χ3n) is 3.70. The summed E-state index contributed by atoms with van der Waals surface area (Å²) < 4.78 is 0. The Bertz CT molecular complexity index is 549. The maximum absolute atomic E-state index is 6.36. The summed E-state index contributed by atoms with van der Waals surface area (Å²) in [6.45, 7) is 10.6. The van der Waals surface area contributed by atoms with Gasteiger partial charge in [-0.25, -0.2) is 0 Å². The molecule has 105 valence electrons. The molecule has 0 aromatic heterocycles. The van der Waals surface area contributed by atoms with Crippen molar-refractivity contribution in [2.45, 2.75) is 38.1 Å². The van der Waals surface area contributed by atoms with Gasteiger partial charge in [-0.2, -0.15) is 0 Å². The van der Waals surface area contributed by atoms with E-state index in [1.807, 2.05) is 13.0 Å². The molecule has 0 aliphatic carbocycles. The zero-order chi connectivity index (χ0) is 14.8. The Morgan fingerprint density at radius 1 is 0.900 bits per heavy atom. The van der Waals surface area contributed by atoms with Gasteiger partial charge in [0.05, 0.1) is 0 Å². The van der Waals surface area contributed by atoms with E-state index in [0.29, 0.717) is 5.92 Å². The first-order chi connectivity index (χ1) is 9.39. The van der Waals surface area contributed by atoms with Gasteiger partial charge in [0, 0.05) is 11.5 Å². The quantitative estimate of drug-likeness (QED) is 0.866. The summed E-state index contributed by atoms with van der Waals surface area (Å²) in [4.78, 5) is 0. The number of rotatable bonds is 4. The van der Waals surface area contributed by atoms with E-state index in [1.165, 1.54) is 16.7 Å². The van der Waals surface area contributed by atoms with E-state index in [4.69, 9.17) is 5.73 Å². The molecule has 0 bridgehead atoms. The van der Waals surface area contributed by atoms with Crippen molar-refractivity contribution in [1.29, 1.82) is 0 Å². The van der Waals surface area contributed by atoms with Crippen LogP contribution in [0.15, 0.2) is 54.6 Å². The summed E-state index contributed by atoms with van der Waals surface area (Å²) in [6, 6.07) is 19.1. The second-order valence-corrected chi connectivity index (χ2v) is 6.17. The fraction of sp³-hybridized carbons (Fsp3) is 0.316. The Kier molecular flexibility index (Phi) is 4.29. The molecule has 1 nitrogen and oxygen atoms in total. The maximum Gasteiger partial charge on any atom is 0.0267 e. The van der Waals surface area contributed by atoms with Crippen LogP contribution in [0.1, 0.15) is 49.3 Å². The van der Waals surface area contributed by atoms with Crippen molar-refractivity contribution in [3.8, 4) is 0 Å². The molecule has 0 heterocycles. The molecule has 0 aliphatic heterocycles. The SMILES string of the molecule is [CH2]C(C)(N)C(c1ccccc1)c1cccc(C(C)C)c1. The van der Waals surface area contributed by atoms with Gasteiger partial charge in [0.25, 0.3) is 0 Å². The third kappa shape index (κ3) is 3.29. The summed E-state index contributed by atoms with van der Waals surface area (Å²) in [5.41, 5.74) is 9.61. The van der Waals surface area contributed by atoms with Gasteiger partial charge in [0.1, 0.15) is 0 Å². The van der Waals surface area contributed by atoms with Gasteiger partial charge in [-0.05, 0) is 36.5 Å². The van der Waals surface area contributed by atoms with Crippen LogP contribution in [-0.4, -0.2) is 5.54 Å². The monoisotopic (exact) mass is 266 g/mol. The molecule has 0 saturated heterocycles. The highest BCUT2D eigenvalue weighted by atomic mass is 14.7. The molecule has 2 atom stereocenters. The van der Waals surface area contributed by atoms with E-state index < -0.39 is 5.54 Å². The third-order valence-corrected chi connectivity index (χ3v) is 3.70. The standard InChI is InChI=1S/C19H24N/c1-14(2)16-11-8-12-17(13-16)18(19(3,4)20)15-9-6-5-7-10-15/h5-14,18H,3,20H2,1-2,4H3. The van der Waals surface area contributed by atoms with E-state index in [2.05, 4.69) is 69.3 Å². The largest absolute Gasteiger partial charge is 0.324 e. The Labute approximate surface area is 122 Å². The molecule has 2 aromatic carbocycles. The molecule has 1 radical (unpaired) electrons. The summed E-state index contributed by atoms with van der Waals surface area (Å²) in [5.74, 6) is 0.614. The van der Waals surface area contributed by atoms with Crippen LogP contribution in [0.25, 0.3) is 0 Å². The lowest BCUT2D eigenvalue weighted by Gasteiger charge is -2.32. The first-order valence-electron chi connectivity index (χ1n) is 7.18. The highest BCUT2D eigenvalue weighted by molar-refractivity contribution is 5.39. The number of hydrogen-bond donors (Lipinski definition) is 1. The highest BCUT2D eigenvalue weighted by Crippen LogP contribution is 2.34. The zero-order valence-electron chi connectivity index (χ0n) is 12.6. The van der Waals surface area contributed by atoms with Gasteiger partial charge in [0.15, 0.2) is 0 Å². The molecule has 0 amide bonds. The van der Waals surface area contributed by atoms with Crippen molar-refractivity contribution < 1.29 is 0 Å². The Morgan fingerprint density at radius 2 is 1.45 bits per heavy atom. The minimum Gasteiger partial charge on any atom is -0.324 e. The Hall–Kier alpha value is -1.60. The van der Waals surface area contributed by atoms with Gasteiger partial charge in [-0.3, -0.25) is 0 Å². The molecule has 20 heavy (non-hydrogen) atoms. The molecule has 0 spiro atoms. The van der Waals surface area contributed by atoms with Crippen LogP contribution in [-0.2, 0) is 0 Å². The first-order valence-corrected chi connectivity index (χ1v) is 7.18. The summed E-state index contributed by atoms with van der Waals surface area (Å²) in [6.07, 6.45) is 0. The summed E-state index contributed by atoms with van der Waals surface area (Å²) in [7, 11) is 0. The van der Waals surface area contributed by atoms with Gasteiger partial charge in [-0.15, -0.1) is 0 Å². The number of benzene rings is 2. The topological polar surface area (TPSA) is 26.0 Å². The average molecular weight is 266 g/mol. The molecule has 2 unspecified atom stereocenters. The Morgan fingerprint density at radius 3 is 2.00 bits per heavy atom. The van der Waals surface area contributed by atoms with Crippen LogP contribution in [0.5, 0.6) is 0 Å². The second-order valence-electron chi connectivity index (χ2n) is 6.17. The highest BCUT2D eigenvalue weighted by Gasteiger charge is 2.28. The van der Waals surface area contributed by atoms with E-state index in [-0.39, 0.29) is 5.92 Å². The van der Waals surface area contributed by atoms with Crippen molar-refractivity contribution in [2.75, 3.05) is 0 Å². The molecule has 0 fully saturated rings. The van der Waals surface area contributed by atoms with E-state index in [1.54, 1.807) is 0 Å². The first kappa shape index (κ1) is 14.8. The van der Waals surface area contributed by atoms with Gasteiger partial charge in [-0.1, -0.05) is 68.4 Å². The fourth-order valence-corrected chi connectivity index (χ4v) is 2.70. The molecule has 2 rings (SSSR count). The molecular weight excluding hydrogens is 242 g/mol. The van der Waals surface area contributed by atoms with E-state index >= 15 is 0 Å². The van der Waals surface area contributed by atoms with Crippen LogP contribution in [0.3, 0.4) is 0 Å². The number of hydrogen-bond acceptors (Lipinski definition) is 1. The van der Waals surface area contributed by atoms with Crippen LogP contribution in [0, 0.1) is 6.92 Å². The van der Waals surface area contributed by atoms with Gasteiger partial charge < -0.3 is 5.73 Å². The molecule has 0 aliphatic rings. The lowest BCUT2D eigenvalue weighted by Crippen LogP contribution is -2.40. The number of nitrogens with two attached hydrogens (primary N) is 1. The van der Waals surface area contributed by atoms with Crippen LogP contribution >= 0.6 is 0 Å². The van der Waals surface area contributed by atoms with Crippen molar-refractivity contribution in [3.63, 3.8) is 0 Å². The van der Waals surface area contributed by atoms with Gasteiger partial charge >= 0.3 is 0 Å². The second kappa shape index (κ2) is 5.80. The van der Waals surface area contributed by atoms with Crippen molar-refractivity contribution in [1.82, 2.24) is 0 Å². The lowest BCUT2D eigenvalue weighted by atomic mass is 9.77. The van der Waals surface area contributed by atoms with Crippen molar-refractivity contribution >= 4 is 0 Å². The predicted octanol–water partition coefficient (Wildman–Crippen LogP) is 4.49. The van der Waals surface area contributed by atoms with Crippen molar-refractivity contribution in [3.05, 3.63) is 78.2 Å². The maximum atomic E-state index is 6.36. The molecule has 2 N–H and O–H groups in total. The average Bonchev–Trinajstić information content (AvgIpc) is 2.39. The normalized spacial score (nSPS) is 13.5. The summed E-state index contributed by atoms with van der Waals surface area (Å²) >= 11 is 0. The van der Waals surface area contributed by atoms with E-state index in [9.17, 15) is 0 Å². The molecule has 0 saturated carbocycles. The minimum absolute atomic E-state index is 0.0994. The Balaban J connectivity index is 2.51. The van der Waals surface area contributed by atoms with Crippen LogP contribution in [0.4, 0.5) is 0 Å². The van der Waals surface area contributed by atoms with Crippen LogP contribution < -0.4 is 5.73 Å². The zero-order valence-corrected chi connectivity index (χ0v) is 12.6. The van der Waals surface area contributed by atoms with E-state index in [0.717, 1.165) is 0 Å². The predicted molar refractivity (Wildman–Crippen MR) is 86.8 cm³/mol. The molecular formula is C19H24N. The van der Waals surface area contributed by atoms with Gasteiger partial charge in [0.2, 0.25) is 0 Å². The molecule has 1 heteroatoms.